The third kappa shape index (κ3) is 3.78. The van der Waals surface area contributed by atoms with Crippen LogP contribution in [0.2, 0.25) is 0 Å². The molecule has 0 unspecified atom stereocenters. The van der Waals surface area contributed by atoms with Crippen molar-refractivity contribution < 1.29 is 23.5 Å². The van der Waals surface area contributed by atoms with Gasteiger partial charge >= 0.3 is 6.09 Å². The molecule has 0 aliphatic rings. The second kappa shape index (κ2) is 8.04. The minimum atomic E-state index is -0.544. The molecule has 0 atom stereocenters. The lowest BCUT2D eigenvalue weighted by Gasteiger charge is -2.13. The zero-order valence-electron chi connectivity index (χ0n) is 16.2. The monoisotopic (exact) mass is 382 g/mol. The van der Waals surface area contributed by atoms with Crippen LogP contribution in [-0.2, 0) is 4.74 Å². The van der Waals surface area contributed by atoms with E-state index in [9.17, 15) is 9.59 Å². The smallest absolute Gasteiger partial charge is 0.411 e. The molecular formula is C21H22N2O5. The molecule has 0 radical (unpaired) electrons. The number of anilines is 2. The summed E-state index contributed by atoms with van der Waals surface area (Å²) in [7, 11) is 1.57. The molecule has 0 saturated heterocycles. The van der Waals surface area contributed by atoms with Gasteiger partial charge < -0.3 is 19.2 Å². The molecule has 2 amide bonds. The fourth-order valence-electron chi connectivity index (χ4n) is 2.98. The van der Waals surface area contributed by atoms with Crippen LogP contribution in [0.25, 0.3) is 11.0 Å². The first kappa shape index (κ1) is 19.3. The van der Waals surface area contributed by atoms with E-state index in [0.29, 0.717) is 45.0 Å². The van der Waals surface area contributed by atoms with Crippen molar-refractivity contribution in [3.05, 3.63) is 53.3 Å². The average molecular weight is 382 g/mol. The van der Waals surface area contributed by atoms with E-state index in [-0.39, 0.29) is 12.5 Å². The lowest BCUT2D eigenvalue weighted by molar-refractivity contribution is 0.102. The van der Waals surface area contributed by atoms with Crippen molar-refractivity contribution in [3.63, 3.8) is 0 Å². The number of fused-ring (bicyclic) bond motifs is 1. The van der Waals surface area contributed by atoms with E-state index in [1.807, 2.05) is 0 Å². The van der Waals surface area contributed by atoms with Gasteiger partial charge in [0.25, 0.3) is 5.91 Å². The summed E-state index contributed by atoms with van der Waals surface area (Å²) in [5.74, 6) is 0.847. The Morgan fingerprint density at radius 2 is 1.79 bits per heavy atom. The molecule has 0 bridgehead atoms. The predicted molar refractivity (Wildman–Crippen MR) is 107 cm³/mol. The van der Waals surface area contributed by atoms with Crippen molar-refractivity contribution >= 4 is 34.3 Å². The number of benzene rings is 2. The van der Waals surface area contributed by atoms with Gasteiger partial charge in [0.1, 0.15) is 17.1 Å². The molecule has 2 N–H and O–H groups in total. The molecule has 0 fully saturated rings. The van der Waals surface area contributed by atoms with Crippen LogP contribution in [0.3, 0.4) is 0 Å². The number of hydrogen-bond acceptors (Lipinski definition) is 5. The zero-order valence-corrected chi connectivity index (χ0v) is 16.2. The highest BCUT2D eigenvalue weighted by molar-refractivity contribution is 6.14. The van der Waals surface area contributed by atoms with E-state index in [1.165, 1.54) is 0 Å². The standard InChI is InChI=1S/C21H22N2O5/c1-5-27-21(25)23-17-8-6-7-16(12(17)2)22-20(24)19-13(3)28-18-10-9-14(26-4)11-15(18)19/h6-11H,5H2,1-4H3,(H,22,24)(H,23,25). The van der Waals surface area contributed by atoms with Crippen molar-refractivity contribution in [2.75, 3.05) is 24.4 Å². The number of nitrogens with one attached hydrogen (secondary N) is 2. The number of carbonyl (C=O) groups excluding carboxylic acids is 2. The zero-order chi connectivity index (χ0) is 20.3. The summed E-state index contributed by atoms with van der Waals surface area (Å²) >= 11 is 0. The third-order valence-corrected chi connectivity index (χ3v) is 4.39. The molecule has 1 heterocycles. The summed E-state index contributed by atoms with van der Waals surface area (Å²) in [6, 6.07) is 10.6. The predicted octanol–water partition coefficient (Wildman–Crippen LogP) is 4.88. The quantitative estimate of drug-likeness (QED) is 0.656. The van der Waals surface area contributed by atoms with Crippen molar-refractivity contribution in [1.29, 1.82) is 0 Å². The first-order valence-electron chi connectivity index (χ1n) is 8.86. The van der Waals surface area contributed by atoms with Crippen molar-refractivity contribution in [2.45, 2.75) is 20.8 Å². The van der Waals surface area contributed by atoms with Gasteiger partial charge in [-0.3, -0.25) is 10.1 Å². The van der Waals surface area contributed by atoms with Gasteiger partial charge in [0.2, 0.25) is 0 Å². The summed E-state index contributed by atoms with van der Waals surface area (Å²) < 4.78 is 15.9. The lowest BCUT2D eigenvalue weighted by Crippen LogP contribution is -2.16. The van der Waals surface area contributed by atoms with E-state index in [4.69, 9.17) is 13.9 Å². The van der Waals surface area contributed by atoms with Gasteiger partial charge in [0, 0.05) is 16.8 Å². The number of carbonyl (C=O) groups is 2. The Morgan fingerprint density at radius 1 is 1.07 bits per heavy atom. The van der Waals surface area contributed by atoms with E-state index in [2.05, 4.69) is 10.6 Å². The minimum absolute atomic E-state index is 0.275. The Bertz CT molecular complexity index is 1040. The van der Waals surface area contributed by atoms with Gasteiger partial charge in [-0.25, -0.2) is 4.79 Å². The molecule has 146 valence electrons. The molecule has 3 rings (SSSR count). The molecule has 0 aliphatic heterocycles. The Morgan fingerprint density at radius 3 is 2.46 bits per heavy atom. The topological polar surface area (TPSA) is 89.8 Å². The number of hydrogen-bond donors (Lipinski definition) is 2. The number of furan rings is 1. The highest BCUT2D eigenvalue weighted by Crippen LogP contribution is 2.30. The first-order valence-corrected chi connectivity index (χ1v) is 8.86. The highest BCUT2D eigenvalue weighted by Gasteiger charge is 2.20. The van der Waals surface area contributed by atoms with Crippen LogP contribution in [0.4, 0.5) is 16.2 Å². The summed E-state index contributed by atoms with van der Waals surface area (Å²) in [5, 5.41) is 6.24. The maximum atomic E-state index is 13.0. The molecule has 7 heteroatoms. The summed E-state index contributed by atoms with van der Waals surface area (Å²) in [5.41, 5.74) is 2.91. The Labute approximate surface area is 162 Å². The fraction of sp³-hybridized carbons (Fsp3) is 0.238. The Hall–Kier alpha value is -3.48. The highest BCUT2D eigenvalue weighted by atomic mass is 16.5. The SMILES string of the molecule is CCOC(=O)Nc1cccc(NC(=O)c2c(C)oc3ccc(OC)cc23)c1C. The van der Waals surface area contributed by atoms with Crippen LogP contribution in [-0.4, -0.2) is 25.7 Å². The summed E-state index contributed by atoms with van der Waals surface area (Å²) in [6.45, 7) is 5.56. The Balaban J connectivity index is 1.90. The van der Waals surface area contributed by atoms with E-state index in [1.54, 1.807) is 64.3 Å². The molecular weight excluding hydrogens is 360 g/mol. The van der Waals surface area contributed by atoms with Gasteiger partial charge in [-0.05, 0) is 56.7 Å². The van der Waals surface area contributed by atoms with Gasteiger partial charge in [0.05, 0.1) is 19.3 Å². The van der Waals surface area contributed by atoms with Crippen LogP contribution in [0, 0.1) is 13.8 Å². The lowest BCUT2D eigenvalue weighted by atomic mass is 10.1. The number of methoxy groups -OCH3 is 1. The average Bonchev–Trinajstić information content (AvgIpc) is 3.00. The largest absolute Gasteiger partial charge is 0.497 e. The van der Waals surface area contributed by atoms with Crippen molar-refractivity contribution in [2.24, 2.45) is 0 Å². The van der Waals surface area contributed by atoms with Crippen LogP contribution in [0.5, 0.6) is 5.75 Å². The first-order chi connectivity index (χ1) is 13.4. The number of ether oxygens (including phenoxy) is 2. The van der Waals surface area contributed by atoms with E-state index < -0.39 is 6.09 Å². The van der Waals surface area contributed by atoms with Gasteiger partial charge in [-0.1, -0.05) is 6.07 Å². The molecule has 0 aliphatic carbocycles. The van der Waals surface area contributed by atoms with Gasteiger partial charge in [-0.15, -0.1) is 0 Å². The molecule has 3 aromatic rings. The Kier molecular flexibility index (Phi) is 5.54. The molecule has 0 spiro atoms. The fourth-order valence-corrected chi connectivity index (χ4v) is 2.98. The van der Waals surface area contributed by atoms with Crippen LogP contribution in [0.1, 0.15) is 28.6 Å². The number of rotatable bonds is 5. The molecule has 28 heavy (non-hydrogen) atoms. The van der Waals surface area contributed by atoms with E-state index in [0.717, 1.165) is 0 Å². The van der Waals surface area contributed by atoms with Gasteiger partial charge in [0.15, 0.2) is 0 Å². The van der Waals surface area contributed by atoms with Crippen molar-refractivity contribution in [1.82, 2.24) is 0 Å². The van der Waals surface area contributed by atoms with Crippen LogP contribution < -0.4 is 15.4 Å². The molecule has 2 aromatic carbocycles. The number of aryl methyl sites for hydroxylation is 1. The number of amides is 2. The van der Waals surface area contributed by atoms with Gasteiger partial charge in [-0.2, -0.15) is 0 Å². The second-order valence-electron chi connectivity index (χ2n) is 6.17. The molecule has 7 nitrogen and oxygen atoms in total. The minimum Gasteiger partial charge on any atom is -0.497 e. The van der Waals surface area contributed by atoms with Crippen LogP contribution >= 0.6 is 0 Å². The third-order valence-electron chi connectivity index (χ3n) is 4.39. The van der Waals surface area contributed by atoms with Crippen LogP contribution in [0.15, 0.2) is 40.8 Å². The molecule has 0 saturated carbocycles. The van der Waals surface area contributed by atoms with E-state index >= 15 is 0 Å². The second-order valence-corrected chi connectivity index (χ2v) is 6.17. The maximum Gasteiger partial charge on any atom is 0.411 e. The molecule has 1 aromatic heterocycles. The van der Waals surface area contributed by atoms with Crippen molar-refractivity contribution in [3.8, 4) is 5.75 Å². The summed E-state index contributed by atoms with van der Waals surface area (Å²) in [4.78, 5) is 24.7. The summed E-state index contributed by atoms with van der Waals surface area (Å²) in [6.07, 6.45) is -0.544. The maximum absolute atomic E-state index is 13.0. The normalized spacial score (nSPS) is 10.6.